The maximum Gasteiger partial charge on any atom is 0.234 e. The van der Waals surface area contributed by atoms with Crippen molar-refractivity contribution >= 4 is 5.91 Å². The molecule has 0 aromatic rings. The van der Waals surface area contributed by atoms with E-state index in [0.717, 1.165) is 0 Å². The molecule has 0 aliphatic carbocycles. The number of aliphatic hydroxyl groups is 1. The number of rotatable bonds is 4. The molecule has 0 aliphatic rings. The van der Waals surface area contributed by atoms with Crippen molar-refractivity contribution in [2.24, 2.45) is 11.7 Å². The van der Waals surface area contributed by atoms with Crippen LogP contribution in [0.5, 0.6) is 0 Å². The number of carbonyl (C=O) groups excluding carboxylic acids is 1. The smallest absolute Gasteiger partial charge is 0.234 e. The van der Waals surface area contributed by atoms with Crippen molar-refractivity contribution in [2.45, 2.75) is 33.0 Å². The highest BCUT2D eigenvalue weighted by Gasteiger charge is 2.15. The predicted molar refractivity (Wildman–Crippen MR) is 42.6 cm³/mol. The van der Waals surface area contributed by atoms with Gasteiger partial charge in [-0.25, -0.2) is 0 Å². The molecule has 0 bridgehead atoms. The molecule has 1 amide bonds. The summed E-state index contributed by atoms with van der Waals surface area (Å²) in [5.74, 6) is -0.374. The van der Waals surface area contributed by atoms with Crippen molar-refractivity contribution < 1.29 is 9.90 Å². The van der Waals surface area contributed by atoms with Gasteiger partial charge >= 0.3 is 0 Å². The van der Waals surface area contributed by atoms with Gasteiger partial charge in [0, 0.05) is 0 Å². The van der Waals surface area contributed by atoms with Crippen molar-refractivity contribution in [1.82, 2.24) is 5.32 Å². The zero-order valence-electron chi connectivity index (χ0n) is 7.16. The van der Waals surface area contributed by atoms with E-state index in [-0.39, 0.29) is 5.92 Å². The van der Waals surface area contributed by atoms with Crippen molar-refractivity contribution in [3.63, 3.8) is 0 Å². The van der Waals surface area contributed by atoms with Crippen LogP contribution in [-0.4, -0.2) is 23.3 Å². The summed E-state index contributed by atoms with van der Waals surface area (Å²) in [4.78, 5) is 10.5. The predicted octanol–water partition coefficient (Wildman–Crippen LogP) is -0.576. The van der Waals surface area contributed by atoms with Gasteiger partial charge in [0.15, 0.2) is 0 Å². The molecular weight excluding hydrogens is 144 g/mol. The third-order valence-electron chi connectivity index (χ3n) is 1.48. The highest BCUT2D eigenvalue weighted by atomic mass is 16.3. The second kappa shape index (κ2) is 4.31. The Morgan fingerprint density at radius 3 is 2.18 bits per heavy atom. The van der Waals surface area contributed by atoms with E-state index in [1.807, 2.05) is 13.8 Å². The van der Waals surface area contributed by atoms with E-state index < -0.39 is 18.2 Å². The van der Waals surface area contributed by atoms with Crippen molar-refractivity contribution in [2.75, 3.05) is 0 Å². The lowest BCUT2D eigenvalue weighted by Gasteiger charge is -2.19. The van der Waals surface area contributed by atoms with Gasteiger partial charge in [-0.1, -0.05) is 13.8 Å². The monoisotopic (exact) mass is 160 g/mol. The molecule has 0 fully saturated rings. The number of nitrogens with two attached hydrogens (primary N) is 1. The van der Waals surface area contributed by atoms with Crippen LogP contribution in [0.15, 0.2) is 0 Å². The Hall–Kier alpha value is -0.610. The lowest BCUT2D eigenvalue weighted by molar-refractivity contribution is -0.120. The molecular formula is C7H16N2O2. The van der Waals surface area contributed by atoms with E-state index in [4.69, 9.17) is 5.73 Å². The summed E-state index contributed by atoms with van der Waals surface area (Å²) in [5, 5.41) is 11.9. The quantitative estimate of drug-likeness (QED) is 0.482. The molecule has 1 unspecified atom stereocenters. The molecule has 0 saturated heterocycles. The zero-order chi connectivity index (χ0) is 9.02. The van der Waals surface area contributed by atoms with Crippen molar-refractivity contribution in [3.8, 4) is 0 Å². The standard InChI is InChI=1S/C7H16N2O2/c1-4(2)7(11)9-5(3)6(8)10/h4-5,7,9,11H,1-3H3,(H2,8,10)/t5-,7?/m0/s1. The van der Waals surface area contributed by atoms with E-state index >= 15 is 0 Å². The van der Waals surface area contributed by atoms with Gasteiger partial charge in [-0.15, -0.1) is 0 Å². The second-order valence-corrected chi connectivity index (χ2v) is 2.98. The average Bonchev–Trinajstić information content (AvgIpc) is 1.87. The van der Waals surface area contributed by atoms with Gasteiger partial charge in [0.25, 0.3) is 0 Å². The van der Waals surface area contributed by atoms with E-state index in [0.29, 0.717) is 0 Å². The number of carbonyl (C=O) groups is 1. The maximum atomic E-state index is 10.5. The largest absolute Gasteiger partial charge is 0.378 e. The Labute approximate surface area is 66.8 Å². The summed E-state index contributed by atoms with van der Waals surface area (Å²) in [5.41, 5.74) is 4.97. The summed E-state index contributed by atoms with van der Waals surface area (Å²) in [6.07, 6.45) is -0.669. The molecule has 0 spiro atoms. The SMILES string of the molecule is CC(C)C(O)N[C@@H](C)C(N)=O. The first-order chi connectivity index (χ1) is 4.95. The number of hydrogen-bond acceptors (Lipinski definition) is 3. The molecule has 4 N–H and O–H groups in total. The zero-order valence-corrected chi connectivity index (χ0v) is 7.16. The summed E-state index contributed by atoms with van der Waals surface area (Å²) in [7, 11) is 0. The van der Waals surface area contributed by atoms with Gasteiger partial charge in [0.1, 0.15) is 6.23 Å². The van der Waals surface area contributed by atoms with Crippen LogP contribution < -0.4 is 11.1 Å². The fraction of sp³-hybridized carbons (Fsp3) is 0.857. The van der Waals surface area contributed by atoms with Crippen LogP contribution in [0, 0.1) is 5.92 Å². The van der Waals surface area contributed by atoms with E-state index in [1.54, 1.807) is 6.92 Å². The van der Waals surface area contributed by atoms with Crippen LogP contribution in [0.25, 0.3) is 0 Å². The lowest BCUT2D eigenvalue weighted by atomic mass is 10.1. The molecule has 0 saturated carbocycles. The first-order valence-electron chi connectivity index (χ1n) is 3.68. The number of aliphatic hydroxyl groups excluding tert-OH is 1. The maximum absolute atomic E-state index is 10.5. The fourth-order valence-corrected chi connectivity index (χ4v) is 0.531. The van der Waals surface area contributed by atoms with Gasteiger partial charge in [-0.05, 0) is 12.8 Å². The van der Waals surface area contributed by atoms with Crippen LogP contribution in [0.1, 0.15) is 20.8 Å². The fourth-order valence-electron chi connectivity index (χ4n) is 0.531. The van der Waals surface area contributed by atoms with Crippen LogP contribution in [-0.2, 0) is 4.79 Å². The summed E-state index contributed by atoms with van der Waals surface area (Å²) < 4.78 is 0. The third-order valence-corrected chi connectivity index (χ3v) is 1.48. The number of primary amides is 1. The topological polar surface area (TPSA) is 75.3 Å². The lowest BCUT2D eigenvalue weighted by Crippen LogP contribution is -2.46. The highest BCUT2D eigenvalue weighted by molar-refractivity contribution is 5.79. The minimum atomic E-state index is -0.669. The third kappa shape index (κ3) is 3.95. The van der Waals surface area contributed by atoms with Gasteiger partial charge in [0.05, 0.1) is 6.04 Å². The first-order valence-corrected chi connectivity index (χ1v) is 3.68. The molecule has 0 aliphatic heterocycles. The molecule has 0 heterocycles. The molecule has 11 heavy (non-hydrogen) atoms. The molecule has 0 aromatic heterocycles. The Morgan fingerprint density at radius 1 is 1.45 bits per heavy atom. The highest BCUT2D eigenvalue weighted by Crippen LogP contribution is 1.97. The number of amides is 1. The second-order valence-electron chi connectivity index (χ2n) is 2.98. The summed E-state index contributed by atoms with van der Waals surface area (Å²) in [6.45, 7) is 5.32. The molecule has 0 aromatic carbocycles. The Bertz CT molecular complexity index is 136. The Balaban J connectivity index is 3.75. The first kappa shape index (κ1) is 10.4. The van der Waals surface area contributed by atoms with E-state index in [9.17, 15) is 9.90 Å². The van der Waals surface area contributed by atoms with Gasteiger partial charge in [-0.2, -0.15) is 0 Å². The molecule has 0 radical (unpaired) electrons. The molecule has 0 rings (SSSR count). The molecule has 4 nitrogen and oxygen atoms in total. The van der Waals surface area contributed by atoms with Gasteiger partial charge in [-0.3, -0.25) is 10.1 Å². The molecule has 2 atom stereocenters. The van der Waals surface area contributed by atoms with Crippen molar-refractivity contribution in [1.29, 1.82) is 0 Å². The van der Waals surface area contributed by atoms with E-state index in [2.05, 4.69) is 5.32 Å². The molecule has 66 valence electrons. The van der Waals surface area contributed by atoms with Crippen LogP contribution in [0.3, 0.4) is 0 Å². The average molecular weight is 160 g/mol. The Kier molecular flexibility index (Phi) is 4.07. The normalized spacial score (nSPS) is 16.5. The summed E-state index contributed by atoms with van der Waals surface area (Å²) in [6, 6.07) is -0.479. The Morgan fingerprint density at radius 2 is 1.91 bits per heavy atom. The van der Waals surface area contributed by atoms with E-state index in [1.165, 1.54) is 0 Å². The van der Waals surface area contributed by atoms with Gasteiger partial charge < -0.3 is 10.8 Å². The van der Waals surface area contributed by atoms with Crippen LogP contribution in [0.2, 0.25) is 0 Å². The number of nitrogens with one attached hydrogen (secondary N) is 1. The number of hydrogen-bond donors (Lipinski definition) is 3. The molecule has 4 heteroatoms. The van der Waals surface area contributed by atoms with Crippen LogP contribution in [0.4, 0.5) is 0 Å². The van der Waals surface area contributed by atoms with Gasteiger partial charge in [0.2, 0.25) is 5.91 Å². The summed E-state index contributed by atoms with van der Waals surface area (Å²) >= 11 is 0. The minimum absolute atomic E-state index is 0.0804. The van der Waals surface area contributed by atoms with Crippen LogP contribution >= 0.6 is 0 Å². The minimum Gasteiger partial charge on any atom is -0.378 e. The van der Waals surface area contributed by atoms with Crippen molar-refractivity contribution in [3.05, 3.63) is 0 Å².